The molecule has 0 aromatic carbocycles. The molecule has 5 nitrogen and oxygen atoms in total. The lowest BCUT2D eigenvalue weighted by Crippen LogP contribution is -2.19. The first-order valence-corrected chi connectivity index (χ1v) is 4.20. The van der Waals surface area contributed by atoms with Gasteiger partial charge in [-0.05, 0) is 12.1 Å². The Morgan fingerprint density at radius 2 is 2.40 bits per heavy atom. The number of aromatic nitrogens is 1. The van der Waals surface area contributed by atoms with E-state index in [1.54, 1.807) is 0 Å². The summed E-state index contributed by atoms with van der Waals surface area (Å²) in [5.74, 6) is -0.440. The zero-order valence-electron chi connectivity index (χ0n) is 8.14. The summed E-state index contributed by atoms with van der Waals surface area (Å²) in [5.41, 5.74) is 5.27. The molecule has 0 radical (unpaired) electrons. The van der Waals surface area contributed by atoms with Gasteiger partial charge in [0.25, 0.3) is 0 Å². The van der Waals surface area contributed by atoms with E-state index in [-0.39, 0.29) is 6.61 Å². The van der Waals surface area contributed by atoms with Gasteiger partial charge in [-0.3, -0.25) is 4.98 Å². The fraction of sp³-hybridized carbons (Fsp3) is 0.333. The molecule has 0 fully saturated rings. The molecule has 1 aromatic heterocycles. The third-order valence-electron chi connectivity index (χ3n) is 1.74. The molecule has 1 unspecified atom stereocenters. The van der Waals surface area contributed by atoms with Crippen LogP contribution in [-0.4, -0.2) is 24.8 Å². The molecule has 1 atom stereocenters. The summed E-state index contributed by atoms with van der Waals surface area (Å²) in [5, 5.41) is 0. The molecular formula is C9H11FN2O3. The molecule has 0 saturated carbocycles. The van der Waals surface area contributed by atoms with Gasteiger partial charge in [-0.25, -0.2) is 9.18 Å². The number of nitrogens with two attached hydrogens (primary N) is 1. The van der Waals surface area contributed by atoms with Crippen molar-refractivity contribution < 1.29 is 18.7 Å². The predicted molar refractivity (Wildman–Crippen MR) is 49.5 cm³/mol. The molecule has 82 valence electrons. The number of nitrogens with zero attached hydrogens (tertiary/aromatic N) is 1. The highest BCUT2D eigenvalue weighted by Gasteiger charge is 2.13. The van der Waals surface area contributed by atoms with Gasteiger partial charge in [0.2, 0.25) is 0 Å². The van der Waals surface area contributed by atoms with E-state index in [1.165, 1.54) is 19.2 Å². The van der Waals surface area contributed by atoms with Crippen molar-refractivity contribution in [1.82, 2.24) is 4.98 Å². The van der Waals surface area contributed by atoms with E-state index in [4.69, 9.17) is 10.5 Å². The number of carbonyl (C=O) groups excluding carboxylic acids is 1. The topological polar surface area (TPSA) is 74.4 Å². The highest BCUT2D eigenvalue weighted by Crippen LogP contribution is 2.14. The molecule has 0 saturated heterocycles. The van der Waals surface area contributed by atoms with Gasteiger partial charge in [0.05, 0.1) is 11.9 Å². The quantitative estimate of drug-likeness (QED) is 0.811. The summed E-state index contributed by atoms with van der Waals surface area (Å²) in [6.45, 7) is -0.0511. The zero-order chi connectivity index (χ0) is 11.3. The average Bonchev–Trinajstić information content (AvgIpc) is 2.21. The molecule has 1 rings (SSSR count). The number of methoxy groups -OCH3 is 1. The summed E-state index contributed by atoms with van der Waals surface area (Å²) in [4.78, 5) is 14.2. The molecule has 1 heterocycles. The van der Waals surface area contributed by atoms with Crippen LogP contribution in [0.3, 0.4) is 0 Å². The van der Waals surface area contributed by atoms with E-state index in [1.807, 2.05) is 0 Å². The number of rotatable bonds is 4. The van der Waals surface area contributed by atoms with Crippen LogP contribution in [0.4, 0.5) is 9.18 Å². The number of halogens is 1. The molecule has 0 aliphatic carbocycles. The second-order valence-electron chi connectivity index (χ2n) is 2.76. The highest BCUT2D eigenvalue weighted by molar-refractivity contribution is 5.64. The van der Waals surface area contributed by atoms with Gasteiger partial charge in [0.1, 0.15) is 18.5 Å². The molecule has 6 heteroatoms. The van der Waals surface area contributed by atoms with Crippen molar-refractivity contribution in [2.24, 2.45) is 5.73 Å². The van der Waals surface area contributed by atoms with Gasteiger partial charge >= 0.3 is 6.09 Å². The first-order valence-electron chi connectivity index (χ1n) is 4.20. The van der Waals surface area contributed by atoms with Crippen molar-refractivity contribution in [3.63, 3.8) is 0 Å². The van der Waals surface area contributed by atoms with E-state index in [9.17, 15) is 9.18 Å². The molecule has 15 heavy (non-hydrogen) atoms. The smallest absolute Gasteiger partial charge is 0.404 e. The van der Waals surface area contributed by atoms with Crippen LogP contribution in [0, 0.1) is 5.82 Å². The standard InChI is InChI=1S/C9H11FN2O3/c1-14-8(5-15-9(11)13)7-3-2-6(10)4-12-7/h2-4,8H,5H2,1H3,(H2,11,13). The van der Waals surface area contributed by atoms with Gasteiger partial charge in [0.15, 0.2) is 0 Å². The number of hydrogen-bond acceptors (Lipinski definition) is 4. The number of pyridine rings is 1. The van der Waals surface area contributed by atoms with Crippen LogP contribution in [0.2, 0.25) is 0 Å². The largest absolute Gasteiger partial charge is 0.447 e. The Hall–Kier alpha value is -1.69. The molecular weight excluding hydrogens is 203 g/mol. The third-order valence-corrected chi connectivity index (χ3v) is 1.74. The van der Waals surface area contributed by atoms with E-state index >= 15 is 0 Å². The SMILES string of the molecule is COC(COC(N)=O)c1ccc(F)cn1. The van der Waals surface area contributed by atoms with Crippen LogP contribution in [0.5, 0.6) is 0 Å². The van der Waals surface area contributed by atoms with Gasteiger partial charge in [0, 0.05) is 7.11 Å². The van der Waals surface area contributed by atoms with Crippen LogP contribution >= 0.6 is 0 Å². The van der Waals surface area contributed by atoms with E-state index in [0.717, 1.165) is 6.20 Å². The summed E-state index contributed by atoms with van der Waals surface area (Å²) in [6.07, 6.45) is -0.372. The number of hydrogen-bond donors (Lipinski definition) is 1. The summed E-state index contributed by atoms with van der Waals surface area (Å²) < 4.78 is 22.1. The van der Waals surface area contributed by atoms with E-state index in [2.05, 4.69) is 9.72 Å². The number of primary amides is 1. The normalized spacial score (nSPS) is 12.1. The van der Waals surface area contributed by atoms with Crippen molar-refractivity contribution in [3.8, 4) is 0 Å². The number of ether oxygens (including phenoxy) is 2. The molecule has 0 bridgehead atoms. The Kier molecular flexibility index (Phi) is 3.99. The van der Waals surface area contributed by atoms with E-state index in [0.29, 0.717) is 5.69 Å². The van der Waals surface area contributed by atoms with Crippen molar-refractivity contribution in [3.05, 3.63) is 29.8 Å². The Balaban J connectivity index is 2.65. The predicted octanol–water partition coefficient (Wildman–Crippen LogP) is 1.00. The Bertz CT molecular complexity index is 329. The second kappa shape index (κ2) is 5.26. The van der Waals surface area contributed by atoms with Crippen molar-refractivity contribution >= 4 is 6.09 Å². The molecule has 0 aliphatic rings. The lowest BCUT2D eigenvalue weighted by atomic mass is 10.2. The van der Waals surface area contributed by atoms with Gasteiger partial charge in [-0.1, -0.05) is 0 Å². The van der Waals surface area contributed by atoms with E-state index < -0.39 is 18.0 Å². The fourth-order valence-electron chi connectivity index (χ4n) is 1.01. The van der Waals surface area contributed by atoms with Crippen LogP contribution in [-0.2, 0) is 9.47 Å². The number of amides is 1. The van der Waals surface area contributed by atoms with Crippen LogP contribution in [0.25, 0.3) is 0 Å². The van der Waals surface area contributed by atoms with Crippen LogP contribution in [0.15, 0.2) is 18.3 Å². The maximum Gasteiger partial charge on any atom is 0.404 e. The average molecular weight is 214 g/mol. The first kappa shape index (κ1) is 11.4. The Morgan fingerprint density at radius 3 is 2.87 bits per heavy atom. The summed E-state index contributed by atoms with van der Waals surface area (Å²) >= 11 is 0. The summed E-state index contributed by atoms with van der Waals surface area (Å²) in [6, 6.07) is 2.70. The van der Waals surface area contributed by atoms with Gasteiger partial charge < -0.3 is 15.2 Å². The highest BCUT2D eigenvalue weighted by atomic mass is 19.1. The monoisotopic (exact) mass is 214 g/mol. The molecule has 1 aromatic rings. The minimum absolute atomic E-state index is 0.0511. The van der Waals surface area contributed by atoms with Crippen molar-refractivity contribution in [2.45, 2.75) is 6.10 Å². The third kappa shape index (κ3) is 3.51. The van der Waals surface area contributed by atoms with Gasteiger partial charge in [-0.15, -0.1) is 0 Å². The van der Waals surface area contributed by atoms with Crippen molar-refractivity contribution in [1.29, 1.82) is 0 Å². The molecule has 1 amide bonds. The maximum absolute atomic E-state index is 12.6. The number of carbonyl (C=O) groups is 1. The minimum Gasteiger partial charge on any atom is -0.447 e. The second-order valence-corrected chi connectivity index (χ2v) is 2.76. The van der Waals surface area contributed by atoms with Crippen LogP contribution in [0.1, 0.15) is 11.8 Å². The lowest BCUT2D eigenvalue weighted by Gasteiger charge is -2.13. The minimum atomic E-state index is -0.890. The first-order chi connectivity index (χ1) is 7.13. The molecule has 0 aliphatic heterocycles. The Labute approximate surface area is 86.0 Å². The Morgan fingerprint density at radius 1 is 1.67 bits per heavy atom. The summed E-state index contributed by atoms with van der Waals surface area (Å²) in [7, 11) is 1.43. The fourth-order valence-corrected chi connectivity index (χ4v) is 1.01. The molecule has 2 N–H and O–H groups in total. The lowest BCUT2D eigenvalue weighted by molar-refractivity contribution is 0.0347. The molecule has 0 spiro atoms. The van der Waals surface area contributed by atoms with Crippen LogP contribution < -0.4 is 5.73 Å². The zero-order valence-corrected chi connectivity index (χ0v) is 8.14. The van der Waals surface area contributed by atoms with Gasteiger partial charge in [-0.2, -0.15) is 0 Å². The van der Waals surface area contributed by atoms with Crippen molar-refractivity contribution in [2.75, 3.05) is 13.7 Å². The maximum atomic E-state index is 12.6.